The van der Waals surface area contributed by atoms with E-state index in [1.165, 1.54) is 16.2 Å². The molecule has 1 aliphatic rings. The summed E-state index contributed by atoms with van der Waals surface area (Å²) in [6.07, 6.45) is 2.76. The molecule has 0 aromatic carbocycles. The monoisotopic (exact) mass is 453 g/mol. The van der Waals surface area contributed by atoms with Crippen molar-refractivity contribution in [2.45, 2.75) is 47.0 Å². The first kappa shape index (κ1) is 20.1. The van der Waals surface area contributed by atoms with E-state index in [-0.39, 0.29) is 23.1 Å². The maximum Gasteiger partial charge on any atom is 0.341 e. The fourth-order valence-corrected chi connectivity index (χ4v) is 5.05. The zero-order valence-corrected chi connectivity index (χ0v) is 18.4. The molecule has 2 aromatic heterocycles. The zero-order valence-electron chi connectivity index (χ0n) is 16.0. The van der Waals surface area contributed by atoms with Crippen LogP contribution in [0.3, 0.4) is 0 Å². The van der Waals surface area contributed by atoms with Crippen molar-refractivity contribution in [3.05, 3.63) is 38.6 Å². The molecule has 2 aromatic rings. The number of thiophene rings is 1. The lowest BCUT2D eigenvalue weighted by Crippen LogP contribution is -2.26. The van der Waals surface area contributed by atoms with Gasteiger partial charge in [-0.05, 0) is 71.1 Å². The minimum Gasteiger partial charge on any atom is -0.462 e. The Morgan fingerprint density at radius 2 is 2.11 bits per heavy atom. The highest BCUT2D eigenvalue weighted by atomic mass is 79.9. The van der Waals surface area contributed by atoms with Crippen molar-refractivity contribution >= 4 is 44.1 Å². The molecule has 7 heteroatoms. The number of amides is 1. The number of carbonyl (C=O) groups excluding carboxylic acids is 2. The van der Waals surface area contributed by atoms with E-state index in [1.54, 1.807) is 19.1 Å². The van der Waals surface area contributed by atoms with Crippen LogP contribution in [0.15, 0.2) is 21.2 Å². The predicted octanol–water partition coefficient (Wildman–Crippen LogP) is 5.68. The number of hydrogen-bond donors (Lipinski definition) is 1. The van der Waals surface area contributed by atoms with Gasteiger partial charge in [-0.15, -0.1) is 11.3 Å². The van der Waals surface area contributed by atoms with Gasteiger partial charge in [-0.3, -0.25) is 4.79 Å². The van der Waals surface area contributed by atoms with Crippen LogP contribution in [0.1, 0.15) is 65.5 Å². The zero-order chi connectivity index (χ0) is 19.8. The van der Waals surface area contributed by atoms with Gasteiger partial charge in [0, 0.05) is 4.88 Å². The van der Waals surface area contributed by atoms with E-state index < -0.39 is 0 Å². The molecule has 146 valence electrons. The van der Waals surface area contributed by atoms with E-state index in [9.17, 15) is 9.59 Å². The van der Waals surface area contributed by atoms with Gasteiger partial charge in [0.1, 0.15) is 5.00 Å². The molecule has 3 rings (SSSR count). The van der Waals surface area contributed by atoms with Gasteiger partial charge in [0.05, 0.1) is 12.2 Å². The molecule has 0 aliphatic heterocycles. The summed E-state index contributed by atoms with van der Waals surface area (Å²) in [4.78, 5) is 26.3. The lowest BCUT2D eigenvalue weighted by molar-refractivity contribution is 0.0526. The number of carbonyl (C=O) groups is 2. The summed E-state index contributed by atoms with van der Waals surface area (Å²) in [6, 6.07) is 3.25. The molecule has 1 unspecified atom stereocenters. The molecule has 0 fully saturated rings. The van der Waals surface area contributed by atoms with Gasteiger partial charge in [0.15, 0.2) is 10.4 Å². The number of rotatable bonds is 4. The fourth-order valence-electron chi connectivity index (χ4n) is 3.43. The third-order valence-electron chi connectivity index (χ3n) is 4.99. The van der Waals surface area contributed by atoms with Gasteiger partial charge in [-0.1, -0.05) is 20.8 Å². The summed E-state index contributed by atoms with van der Waals surface area (Å²) in [7, 11) is 0. The van der Waals surface area contributed by atoms with E-state index in [1.807, 2.05) is 0 Å². The number of nitrogens with one attached hydrogen (secondary N) is 1. The minimum atomic E-state index is -0.378. The van der Waals surface area contributed by atoms with E-state index in [0.29, 0.717) is 27.8 Å². The maximum absolute atomic E-state index is 12.6. The maximum atomic E-state index is 12.6. The van der Waals surface area contributed by atoms with Crippen molar-refractivity contribution in [2.75, 3.05) is 11.9 Å². The smallest absolute Gasteiger partial charge is 0.341 e. The summed E-state index contributed by atoms with van der Waals surface area (Å²) >= 11 is 4.68. The molecule has 27 heavy (non-hydrogen) atoms. The van der Waals surface area contributed by atoms with Crippen LogP contribution in [0.4, 0.5) is 5.00 Å². The van der Waals surface area contributed by atoms with Crippen LogP contribution >= 0.6 is 27.3 Å². The second-order valence-corrected chi connectivity index (χ2v) is 9.68. The number of hydrogen-bond acceptors (Lipinski definition) is 5. The first-order chi connectivity index (χ1) is 12.7. The molecule has 1 aliphatic carbocycles. The Labute approximate surface area is 171 Å². The van der Waals surface area contributed by atoms with Crippen molar-refractivity contribution in [1.29, 1.82) is 0 Å². The number of furan rings is 1. The summed E-state index contributed by atoms with van der Waals surface area (Å²) in [5.74, 6) is -0.0174. The molecular weight excluding hydrogens is 430 g/mol. The molecular formula is C20H24BrNO4S. The van der Waals surface area contributed by atoms with Crippen molar-refractivity contribution in [3.8, 4) is 0 Å². The molecule has 5 nitrogen and oxygen atoms in total. The third kappa shape index (κ3) is 4.29. The number of anilines is 1. The lowest BCUT2D eigenvalue weighted by atomic mass is 9.72. The summed E-state index contributed by atoms with van der Waals surface area (Å²) in [5.41, 5.74) is 1.73. The molecule has 0 bridgehead atoms. The van der Waals surface area contributed by atoms with Crippen molar-refractivity contribution in [1.82, 2.24) is 0 Å². The quantitative estimate of drug-likeness (QED) is 0.604. The average molecular weight is 454 g/mol. The Morgan fingerprint density at radius 3 is 2.70 bits per heavy atom. The molecule has 1 atom stereocenters. The topological polar surface area (TPSA) is 68.5 Å². The second kappa shape index (κ2) is 7.80. The van der Waals surface area contributed by atoms with Crippen molar-refractivity contribution in [3.63, 3.8) is 0 Å². The van der Waals surface area contributed by atoms with Crippen LogP contribution in [0.5, 0.6) is 0 Å². The molecule has 0 spiro atoms. The van der Waals surface area contributed by atoms with Crippen molar-refractivity contribution < 1.29 is 18.7 Å². The Morgan fingerprint density at radius 1 is 1.37 bits per heavy atom. The SMILES string of the molecule is CCOC(=O)c1c(NC(=O)c2ccc(Br)o2)sc2c1CCC(C(C)(C)C)C2. The normalized spacial score (nSPS) is 16.7. The molecule has 1 N–H and O–H groups in total. The Bertz CT molecular complexity index is 862. The first-order valence-corrected chi connectivity index (χ1v) is 10.7. The van der Waals surface area contributed by atoms with Crippen LogP contribution in [0.2, 0.25) is 0 Å². The van der Waals surface area contributed by atoms with Gasteiger partial charge >= 0.3 is 5.97 Å². The average Bonchev–Trinajstić information content (AvgIpc) is 3.16. The summed E-state index contributed by atoms with van der Waals surface area (Å²) < 4.78 is 11.1. The minimum absolute atomic E-state index is 0.190. The fraction of sp³-hybridized carbons (Fsp3) is 0.500. The first-order valence-electron chi connectivity index (χ1n) is 9.09. The van der Waals surface area contributed by atoms with Crippen LogP contribution < -0.4 is 5.32 Å². The largest absolute Gasteiger partial charge is 0.462 e. The number of ether oxygens (including phenoxy) is 1. The standard InChI is InChI=1S/C20H24BrNO4S/c1-5-25-19(24)16-12-7-6-11(20(2,3)4)10-14(12)27-18(16)22-17(23)13-8-9-15(21)26-13/h8-9,11H,5-7,10H2,1-4H3,(H,22,23). The van der Waals surface area contributed by atoms with Gasteiger partial charge in [-0.2, -0.15) is 0 Å². The van der Waals surface area contributed by atoms with E-state index in [0.717, 1.165) is 24.8 Å². The molecule has 0 radical (unpaired) electrons. The van der Waals surface area contributed by atoms with Gasteiger partial charge < -0.3 is 14.5 Å². The molecule has 1 amide bonds. The third-order valence-corrected chi connectivity index (χ3v) is 6.59. The Hall–Kier alpha value is -1.60. The van der Waals surface area contributed by atoms with Gasteiger partial charge in [0.25, 0.3) is 5.91 Å². The lowest BCUT2D eigenvalue weighted by Gasteiger charge is -2.33. The number of halogens is 1. The van der Waals surface area contributed by atoms with Gasteiger partial charge in [0.2, 0.25) is 0 Å². The highest BCUT2D eigenvalue weighted by Gasteiger charge is 2.34. The summed E-state index contributed by atoms with van der Waals surface area (Å²) in [5, 5.41) is 3.40. The Balaban J connectivity index is 1.94. The van der Waals surface area contributed by atoms with Crippen LogP contribution in [0.25, 0.3) is 0 Å². The Kier molecular flexibility index (Phi) is 5.82. The molecule has 0 saturated heterocycles. The van der Waals surface area contributed by atoms with E-state index >= 15 is 0 Å². The van der Waals surface area contributed by atoms with E-state index in [2.05, 4.69) is 42.0 Å². The second-order valence-electron chi connectivity index (χ2n) is 7.79. The number of fused-ring (bicyclic) bond motifs is 1. The van der Waals surface area contributed by atoms with Crippen LogP contribution in [-0.4, -0.2) is 18.5 Å². The predicted molar refractivity (Wildman–Crippen MR) is 110 cm³/mol. The van der Waals surface area contributed by atoms with Gasteiger partial charge in [-0.25, -0.2) is 4.79 Å². The van der Waals surface area contributed by atoms with E-state index in [4.69, 9.17) is 9.15 Å². The van der Waals surface area contributed by atoms with Crippen molar-refractivity contribution in [2.24, 2.45) is 11.3 Å². The molecule has 2 heterocycles. The van der Waals surface area contributed by atoms with Crippen LogP contribution in [-0.2, 0) is 17.6 Å². The highest BCUT2D eigenvalue weighted by Crippen LogP contribution is 2.44. The molecule has 0 saturated carbocycles. The van der Waals surface area contributed by atoms with Crippen LogP contribution in [0, 0.1) is 11.3 Å². The highest BCUT2D eigenvalue weighted by molar-refractivity contribution is 9.10. The number of esters is 1. The summed E-state index contributed by atoms with van der Waals surface area (Å²) in [6.45, 7) is 8.83.